The van der Waals surface area contributed by atoms with E-state index in [4.69, 9.17) is 58.1 Å². The zero-order valence-corrected chi connectivity index (χ0v) is 74.8. The number of carbonyl (C=O) groups is 2. The van der Waals surface area contributed by atoms with Gasteiger partial charge in [-0.3, -0.25) is 19.6 Å². The maximum atomic E-state index is 12.4. The Labute approximate surface area is 703 Å². The number of nitrogens with zero attached hydrogens (tertiary/aromatic N) is 2. The third-order valence-electron chi connectivity index (χ3n) is 21.1. The largest absolute Gasteiger partial charge is 0.382 e. The summed E-state index contributed by atoms with van der Waals surface area (Å²) in [6, 6.07) is 51.5. The summed E-state index contributed by atoms with van der Waals surface area (Å²) >= 11 is 5.26. The van der Waals surface area contributed by atoms with Gasteiger partial charge >= 0.3 is 0 Å². The van der Waals surface area contributed by atoms with Crippen molar-refractivity contribution >= 4 is 78.3 Å². The van der Waals surface area contributed by atoms with E-state index in [9.17, 15) is 9.59 Å². The van der Waals surface area contributed by atoms with Crippen LogP contribution in [0.25, 0.3) is 87.3 Å². The van der Waals surface area contributed by atoms with Crippen LogP contribution in [0.5, 0.6) is 0 Å². The van der Waals surface area contributed by atoms with Crippen LogP contribution in [0.15, 0.2) is 157 Å². The lowest BCUT2D eigenvalue weighted by Gasteiger charge is -2.38. The molecule has 0 aliphatic rings. The molecule has 2 amide bonds. The van der Waals surface area contributed by atoms with Gasteiger partial charge in [0.1, 0.15) is 29.4 Å². The first-order valence-corrected chi connectivity index (χ1v) is 47.8. The van der Waals surface area contributed by atoms with Crippen LogP contribution in [0.2, 0.25) is 33.2 Å². The topological polar surface area (TPSA) is 202 Å². The van der Waals surface area contributed by atoms with Crippen molar-refractivity contribution in [1.82, 2.24) is 15.6 Å². The highest BCUT2D eigenvalue weighted by Gasteiger charge is 2.43. The molecule has 116 heavy (non-hydrogen) atoms. The van der Waals surface area contributed by atoms with E-state index in [0.717, 1.165) is 80.7 Å². The zero-order chi connectivity index (χ0) is 82.7. The lowest BCUT2D eigenvalue weighted by Crippen LogP contribution is -2.43. The Morgan fingerprint density at radius 1 is 0.431 bits per heavy atom. The van der Waals surface area contributed by atoms with Crippen LogP contribution in [0.3, 0.4) is 0 Å². The van der Waals surface area contributed by atoms with Gasteiger partial charge < -0.3 is 63.7 Å². The number of hydrogen-bond donors (Lipinski definition) is 3. The fourth-order valence-electron chi connectivity index (χ4n) is 15.3. The zero-order valence-electron chi connectivity index (χ0n) is 70.3. The van der Waals surface area contributed by atoms with Crippen molar-refractivity contribution in [2.75, 3.05) is 152 Å². The van der Waals surface area contributed by atoms with E-state index in [1.165, 1.54) is 26.1 Å². The smallest absolute Gasteiger partial charge is 0.246 e. The Hall–Kier alpha value is -7.67. The van der Waals surface area contributed by atoms with Gasteiger partial charge in [0.05, 0.1) is 133 Å². The van der Waals surface area contributed by atoms with Gasteiger partial charge in [-0.2, -0.15) is 0 Å². The number of carbonyl (C=O) groups excluding carboxylic acids is 2. The molecule has 22 heteroatoms. The number of nitrogens with one attached hydrogen (secondary N) is 2. The van der Waals surface area contributed by atoms with Crippen LogP contribution in [0.4, 0.5) is 0 Å². The molecule has 0 aliphatic heterocycles. The van der Waals surface area contributed by atoms with Crippen LogP contribution < -0.4 is 16.4 Å². The number of methoxy groups -OCH3 is 1. The number of rotatable bonds is 49. The standard InChI is InChI=1S/C94H121N5O12S3Si2/c1-67(2)115(68(3)4,69(5)6)58-34-82-60-87(91(112-82)63-97-39-43-104-53-57-111-66-93(101)99-41-45-106-49-48-105-44-40-98-92(100)65-110-56-52-103-42-36-95)80-28-20-76(21-29-80)73-14-22-77(23-15-73)84-30-31-85(94-88(84)62-90(114-94)81-32-37-96-38-33-81)78-24-16-74(17-25-78)75-18-26-79(27-19-75)86-61-83(64-109-55-54-108-51-50-107-47-46-102-13)113-89(86)35-59-116(70(7)8,71(9)10)72(11)12/h14-33,37-38,60-63,67-72H,36,39-57,64-66,95H2,1-13H3,(H,98,100)(H,99,101). The van der Waals surface area contributed by atoms with Crippen LogP contribution in [0, 0.1) is 22.9 Å². The summed E-state index contributed by atoms with van der Waals surface area (Å²) in [4.78, 5) is 39.0. The number of fused-ring (bicyclic) bond motifs is 1. The highest BCUT2D eigenvalue weighted by atomic mass is 32.1. The van der Waals surface area contributed by atoms with Crippen molar-refractivity contribution in [3.8, 4) is 100 Å². The Kier molecular flexibility index (Phi) is 38.5. The van der Waals surface area contributed by atoms with Crippen LogP contribution in [0.1, 0.15) is 103 Å². The lowest BCUT2D eigenvalue weighted by molar-refractivity contribution is -0.127. The highest BCUT2D eigenvalue weighted by molar-refractivity contribution is 7.23. The van der Waals surface area contributed by atoms with Gasteiger partial charge in [-0.1, -0.05) is 204 Å². The molecule has 0 fully saturated rings. The van der Waals surface area contributed by atoms with Crippen molar-refractivity contribution in [2.24, 2.45) is 10.7 Å². The SMILES string of the molecule is COCCOCCOCCOCc1cc(-c2ccc(-c3ccc(-c4ccc(-c5ccc(-c6ccc(-c7cc(C#C[Si](C(C)C)(C(C)C)C(C)C)sc7C=NCCOCCOCC(=O)NCCOCCOCCNC(=O)COCCOCCN)cc6)cc5)c5cc(-c6ccncc6)sc45)cc3)cc2)c(C#C[Si](C(C)C)(C(C)C)C(C)C)s1. The summed E-state index contributed by atoms with van der Waals surface area (Å²) in [7, 11) is -2.33. The normalized spacial score (nSPS) is 12.0. The van der Waals surface area contributed by atoms with Gasteiger partial charge in [0.15, 0.2) is 0 Å². The molecule has 0 unspecified atom stereocenters. The quantitative estimate of drug-likeness (QED) is 0.0141. The van der Waals surface area contributed by atoms with Crippen LogP contribution in [-0.4, -0.2) is 191 Å². The fraction of sp³-hybridized carbons (Fsp3) is 0.447. The summed E-state index contributed by atoms with van der Waals surface area (Å²) in [5.74, 6) is 7.07. The molecule has 0 atom stereocenters. The van der Waals surface area contributed by atoms with E-state index in [0.29, 0.717) is 165 Å². The number of thiophene rings is 3. The molecule has 620 valence electrons. The molecular weight excluding hydrogens is 1540 g/mol. The van der Waals surface area contributed by atoms with Crippen molar-refractivity contribution in [2.45, 2.75) is 123 Å². The van der Waals surface area contributed by atoms with Crippen LogP contribution >= 0.6 is 34.0 Å². The van der Waals surface area contributed by atoms with Gasteiger partial charge in [0.2, 0.25) is 11.8 Å². The Bertz CT molecular complexity index is 4570. The third kappa shape index (κ3) is 26.7. The Morgan fingerprint density at radius 3 is 1.34 bits per heavy atom. The predicted molar refractivity (Wildman–Crippen MR) is 485 cm³/mol. The second-order valence-electron chi connectivity index (χ2n) is 30.5. The number of benzene rings is 5. The van der Waals surface area contributed by atoms with Gasteiger partial charge in [-0.25, -0.2) is 0 Å². The number of ether oxygens (including phenoxy) is 10. The molecule has 9 aromatic rings. The molecule has 9 rings (SSSR count). The Morgan fingerprint density at radius 2 is 0.845 bits per heavy atom. The third-order valence-corrected chi connectivity index (χ3v) is 37.0. The van der Waals surface area contributed by atoms with Crippen molar-refractivity contribution in [3.05, 3.63) is 171 Å². The molecule has 5 aromatic carbocycles. The molecule has 0 radical (unpaired) electrons. The lowest BCUT2D eigenvalue weighted by atomic mass is 9.94. The van der Waals surface area contributed by atoms with Crippen molar-refractivity contribution in [1.29, 1.82) is 0 Å². The minimum Gasteiger partial charge on any atom is -0.382 e. The monoisotopic (exact) mass is 1660 g/mol. The summed E-state index contributed by atoms with van der Waals surface area (Å²) in [5.41, 5.74) is 31.3. The number of aromatic nitrogens is 1. The molecule has 0 spiro atoms. The fourth-order valence-corrected chi connectivity index (χ4v) is 29.0. The van der Waals surface area contributed by atoms with E-state index in [2.05, 4.69) is 261 Å². The molecule has 4 N–H and O–H groups in total. The number of aliphatic imine (C=N–C) groups is 1. The Balaban J connectivity index is 0.831. The maximum absolute atomic E-state index is 12.4. The number of amides is 2. The number of hydrogen-bond acceptors (Lipinski definition) is 18. The number of nitrogens with two attached hydrogens (primary N) is 1. The molecular formula is C94H121N5O12S3Si2. The van der Waals surface area contributed by atoms with Crippen LogP contribution in [-0.2, 0) is 63.6 Å². The minimum atomic E-state index is -2.00. The molecule has 17 nitrogen and oxygen atoms in total. The molecule has 0 saturated heterocycles. The van der Waals surface area contributed by atoms with Gasteiger partial charge in [0.25, 0.3) is 0 Å². The van der Waals surface area contributed by atoms with Crippen molar-refractivity contribution < 1.29 is 57.0 Å². The maximum Gasteiger partial charge on any atom is 0.246 e. The first-order valence-electron chi connectivity index (χ1n) is 40.9. The van der Waals surface area contributed by atoms with E-state index < -0.39 is 16.1 Å². The molecule has 4 heterocycles. The summed E-state index contributed by atoms with van der Waals surface area (Å²) in [5, 5.41) is 6.73. The average Bonchev–Trinajstić information content (AvgIpc) is 1.59. The summed E-state index contributed by atoms with van der Waals surface area (Å²) in [6.07, 6.45) is 5.70. The van der Waals surface area contributed by atoms with Gasteiger partial charge in [-0.15, -0.1) is 45.1 Å². The summed E-state index contributed by atoms with van der Waals surface area (Å²) < 4.78 is 56.8. The molecule has 0 bridgehead atoms. The van der Waals surface area contributed by atoms with Crippen molar-refractivity contribution in [3.63, 3.8) is 0 Å². The molecule has 0 saturated carbocycles. The van der Waals surface area contributed by atoms with E-state index in [-0.39, 0.29) is 31.6 Å². The second-order valence-corrected chi connectivity index (χ2v) is 45.0. The average molecular weight is 1670 g/mol. The van der Waals surface area contributed by atoms with Gasteiger partial charge in [0, 0.05) is 76.3 Å². The van der Waals surface area contributed by atoms with E-state index in [1.54, 1.807) is 29.8 Å². The highest BCUT2D eigenvalue weighted by Crippen LogP contribution is 2.47. The van der Waals surface area contributed by atoms with E-state index >= 15 is 0 Å². The molecule has 4 aromatic heterocycles. The molecule has 0 aliphatic carbocycles. The van der Waals surface area contributed by atoms with E-state index in [1.807, 2.05) is 29.9 Å². The second kappa shape index (κ2) is 48.4. The number of pyridine rings is 1. The first kappa shape index (κ1) is 92.2. The van der Waals surface area contributed by atoms with Gasteiger partial charge in [-0.05, 0) is 125 Å². The minimum absolute atomic E-state index is 0.0439. The first-order chi connectivity index (χ1) is 56.3. The predicted octanol–water partition coefficient (Wildman–Crippen LogP) is 19.1. The summed E-state index contributed by atoms with van der Waals surface area (Å²) in [6.45, 7) is 37.0.